The Labute approximate surface area is 901 Å². The van der Waals surface area contributed by atoms with Crippen molar-refractivity contribution < 1.29 is 0 Å². The van der Waals surface area contributed by atoms with Crippen LogP contribution in [0.1, 0.15) is 280 Å². The monoisotopic (exact) mass is 2170 g/mol. The van der Waals surface area contributed by atoms with Crippen LogP contribution < -0.4 is 49.7 Å². The Bertz CT molecular complexity index is 5600. The topological polar surface area (TPSA) is 299 Å². The molecule has 1 aliphatic carbocycles. The van der Waals surface area contributed by atoms with Crippen LogP contribution in [0.3, 0.4) is 0 Å². The molecule has 34 nitrogen and oxygen atoms in total. The van der Waals surface area contributed by atoms with E-state index in [1.54, 1.807) is 57.0 Å². The second kappa shape index (κ2) is 51.2. The molecule has 14 saturated heterocycles. The Kier molecular flexibility index (Phi) is 35.8. The van der Waals surface area contributed by atoms with Crippen LogP contribution in [0.2, 0.25) is 0 Å². The summed E-state index contributed by atoms with van der Waals surface area (Å²) in [6.07, 6.45) is 63.1. The van der Waals surface area contributed by atoms with Crippen molar-refractivity contribution in [2.24, 2.45) is 0 Å². The number of aromatic nitrogens is 19. The van der Waals surface area contributed by atoms with Crippen LogP contribution in [0.5, 0.6) is 0 Å². The number of pyridine rings is 2. The molecule has 0 radical (unpaired) electrons. The summed E-state index contributed by atoms with van der Waals surface area (Å²) in [6, 6.07) is 15.6. The third-order valence-electron chi connectivity index (χ3n) is 34.0. The van der Waals surface area contributed by atoms with Gasteiger partial charge in [0.1, 0.15) is 37.3 Å². The first-order chi connectivity index (χ1) is 73.1. The van der Waals surface area contributed by atoms with Crippen LogP contribution in [0.25, 0.3) is 16.2 Å². The fraction of sp³-hybridized carbons (Fsp3) is 0.676. The fourth-order valence-electron chi connectivity index (χ4n) is 25.5. The van der Waals surface area contributed by atoms with Crippen molar-refractivity contribution in [1.29, 1.82) is 0 Å². The number of halogens is 1. The van der Waals surface area contributed by atoms with Gasteiger partial charge in [-0.3, -0.25) is 14.2 Å². The molecule has 0 N–H and O–H groups in total. The van der Waals surface area contributed by atoms with Crippen LogP contribution in [0, 0.1) is 0 Å². The van der Waals surface area contributed by atoms with Crippen LogP contribution in [-0.4, -0.2) is 333 Å². The molecule has 40 heteroatoms. The highest BCUT2D eigenvalue weighted by Crippen LogP contribution is 2.46. The molecule has 0 bridgehead atoms. The van der Waals surface area contributed by atoms with E-state index in [2.05, 4.69) is 194 Å². The average molecular weight is 2170 g/mol. The van der Waals surface area contributed by atoms with Gasteiger partial charge in [-0.25, -0.2) is 34.9 Å². The molecule has 11 aromatic heterocycles. The highest BCUT2D eigenvalue weighted by molar-refractivity contribution is 9.10. The zero-order valence-corrected chi connectivity index (χ0v) is 92.3. The molecule has 0 aromatic carbocycles. The Hall–Kier alpha value is -8.97. The van der Waals surface area contributed by atoms with Gasteiger partial charge >= 0.3 is 0 Å². The largest absolute Gasteiger partial charge is 0.356 e. The number of rotatable bonds is 20. The third kappa shape index (κ3) is 26.6. The molecule has 0 unspecified atom stereocenters. The number of nitrogens with zero attached hydrogens (tertiary/aromatic N) is 33. The SMILES string of the molecule is Brc1cnc(N2CCC[C@H](c3nnc(N4CCC(N5CCCCC5)CC4)s3)C2)nc1.O=c1ccnc2c(C3CC3)cc(-c3nnc(N4CCC(N5CCCCC5)CC4)s3)cn12.c1ccc(N2CCC[C@H](c3nnc(N4CCC(N5CCCCC5)CC4)s3)C2)nc1.c1cnc(N2CCC[C@H](c3nnc(N4CCC(N5CCCCC5)CC4)s3)C2)cn1.c1cnc(N2CCC[C@H](c3nnc(N4CCC(N5CCCCC5)CC4)s3)C2)nc1. The van der Waals surface area contributed by atoms with Gasteiger partial charge < -0.3 is 68.6 Å². The zero-order valence-electron chi connectivity index (χ0n) is 86.6. The van der Waals surface area contributed by atoms with Crippen LogP contribution in [0.15, 0.2) is 108 Å². The fourth-order valence-corrected chi connectivity index (χ4v) is 30.6. The van der Waals surface area contributed by atoms with E-state index in [0.29, 0.717) is 29.6 Å². The molecule has 0 spiro atoms. The first kappa shape index (κ1) is 103. The maximum Gasteiger partial charge on any atom is 0.257 e. The van der Waals surface area contributed by atoms with Gasteiger partial charge in [-0.05, 0) is 310 Å². The first-order valence-electron chi connectivity index (χ1n) is 56.7. The second-order valence-electron chi connectivity index (χ2n) is 43.7. The number of anilines is 9. The molecule has 0 amide bonds. The maximum absolute atomic E-state index is 12.4. The summed E-state index contributed by atoms with van der Waals surface area (Å²) in [6.45, 7) is 32.0. The van der Waals surface area contributed by atoms with Crippen molar-refractivity contribution >= 4 is 127 Å². The van der Waals surface area contributed by atoms with Gasteiger partial charge in [0.05, 0.1) is 10.7 Å². The standard InChI is InChI=1S/C23H28N6OS.C22H32N6S.C21H30BrN7S.2C21H31N7S/c30-20-6-9-24-21-19(16-4-5-16)14-17(15-29(20)21)22-25-26-23(31-22)28-12-7-18(8-13-28)27-10-2-1-3-11-27;1-4-12-26(13-5-1)19-9-15-27(16-10-19)22-25-24-21(29-22)18-7-6-14-28(17-18)20-8-2-3-11-23-20;22-17-13-23-20(24-14-17)29-10-4-5-16(15-29)19-25-26-21(30-19)28-11-6-18(7-12-28)27-8-2-1-3-9-27;1-2-11-26(12-3-1)18-7-14-27(15-8-18)21-25-24-19(29-21)17-6-4-13-28(16-17)20-22-9-5-10-23-20;1-2-10-26(11-3-1)18-6-13-27(14-7-18)21-25-24-20(29-21)17-5-4-12-28(16-17)19-15-22-8-9-23-19/h6,9,14-16,18H,1-5,7-8,10-13H2;2-3,8,11,18-19H,1,4-7,9-10,12-17H2;13-14,16,18H,1-12,15H2;5,9-10,17-18H,1-4,6-8,11-16H2;8-9,15,17-18H,1-7,10-14,16H2/t;18-;16-;2*17-/m.0000/s1. The maximum atomic E-state index is 12.4. The van der Waals surface area contributed by atoms with E-state index < -0.39 is 0 Å². The van der Waals surface area contributed by atoms with E-state index in [9.17, 15) is 4.79 Å². The van der Waals surface area contributed by atoms with Gasteiger partial charge in [0, 0.05) is 239 Å². The molecule has 25 heterocycles. The Morgan fingerprint density at radius 1 is 0.270 bits per heavy atom. The summed E-state index contributed by atoms with van der Waals surface area (Å²) in [4.78, 5) is 83.2. The molecular formula is C108H152BrN33OS5. The Balaban J connectivity index is 0.000000105. The Morgan fingerprint density at radius 2 is 0.622 bits per heavy atom. The van der Waals surface area contributed by atoms with E-state index in [0.717, 1.165) is 256 Å². The van der Waals surface area contributed by atoms with Crippen molar-refractivity contribution in [3.8, 4) is 10.6 Å². The number of fused-ring (bicyclic) bond motifs is 1. The van der Waals surface area contributed by atoms with Crippen molar-refractivity contribution in [2.45, 2.75) is 285 Å². The lowest BCUT2D eigenvalue weighted by Gasteiger charge is -2.40. The van der Waals surface area contributed by atoms with Crippen LogP contribution >= 0.6 is 72.6 Å². The summed E-state index contributed by atoms with van der Waals surface area (Å²) in [5.41, 5.74) is 2.87. The van der Waals surface area contributed by atoms with Crippen molar-refractivity contribution in [2.75, 3.05) is 227 Å². The first-order valence-corrected chi connectivity index (χ1v) is 61.5. The summed E-state index contributed by atoms with van der Waals surface area (Å²) in [5.74, 6) is 5.99. The van der Waals surface area contributed by atoms with Gasteiger partial charge in [0.25, 0.3) is 5.56 Å². The summed E-state index contributed by atoms with van der Waals surface area (Å²) >= 11 is 12.3. The molecule has 11 aromatic rings. The van der Waals surface area contributed by atoms with Gasteiger partial charge in [-0.2, -0.15) is 0 Å². The van der Waals surface area contributed by atoms with Crippen LogP contribution in [0.4, 0.5) is 49.2 Å². The number of likely N-dealkylation sites (tertiary alicyclic amines) is 5. The number of hydrogen-bond donors (Lipinski definition) is 0. The molecule has 15 fully saturated rings. The number of piperidine rings is 14. The quantitative estimate of drug-likeness (QED) is 0.0684. The molecule has 15 aliphatic rings. The smallest absolute Gasteiger partial charge is 0.257 e. The van der Waals surface area contributed by atoms with E-state index in [-0.39, 0.29) is 5.56 Å². The normalized spacial score (nSPS) is 23.9. The van der Waals surface area contributed by atoms with E-state index in [1.165, 1.54) is 284 Å². The molecule has 4 atom stereocenters. The zero-order chi connectivity index (χ0) is 99.5. The number of hydrogen-bond acceptors (Lipinski definition) is 38. The molecule has 26 rings (SSSR count). The van der Waals surface area contributed by atoms with E-state index in [4.69, 9.17) is 0 Å². The van der Waals surface area contributed by atoms with Crippen molar-refractivity contribution in [3.63, 3.8) is 0 Å². The predicted octanol–water partition coefficient (Wildman–Crippen LogP) is 17.6. The highest BCUT2D eigenvalue weighted by Gasteiger charge is 2.39. The Morgan fingerprint density at radius 3 is 0.993 bits per heavy atom. The van der Waals surface area contributed by atoms with Gasteiger partial charge in [0.15, 0.2) is 5.01 Å². The van der Waals surface area contributed by atoms with Crippen LogP contribution in [-0.2, 0) is 0 Å². The minimum absolute atomic E-state index is 0.0433. The molecule has 792 valence electrons. The van der Waals surface area contributed by atoms with Gasteiger partial charge in [-0.1, -0.05) is 94.9 Å². The summed E-state index contributed by atoms with van der Waals surface area (Å²) in [5, 5.41) is 56.9. The average Bonchev–Trinajstić information content (AvgIpc) is 1.56. The summed E-state index contributed by atoms with van der Waals surface area (Å²) in [7, 11) is 0. The lowest BCUT2D eigenvalue weighted by atomic mass is 9.99. The van der Waals surface area contributed by atoms with E-state index >= 15 is 0 Å². The van der Waals surface area contributed by atoms with E-state index in [1.807, 2.05) is 78.2 Å². The lowest BCUT2D eigenvalue weighted by Crippen LogP contribution is -2.46. The third-order valence-corrected chi connectivity index (χ3v) is 40.0. The minimum atomic E-state index is -0.0433. The second-order valence-corrected chi connectivity index (χ2v) is 49.6. The van der Waals surface area contributed by atoms with Crippen molar-refractivity contribution in [3.05, 3.63) is 139 Å². The summed E-state index contributed by atoms with van der Waals surface area (Å²) < 4.78 is 2.59. The van der Waals surface area contributed by atoms with Gasteiger partial charge in [-0.15, -0.1) is 51.0 Å². The molecule has 1 saturated carbocycles. The van der Waals surface area contributed by atoms with Crippen molar-refractivity contribution in [1.82, 2.24) is 120 Å². The van der Waals surface area contributed by atoms with Gasteiger partial charge in [0.2, 0.25) is 37.6 Å². The minimum Gasteiger partial charge on any atom is -0.356 e. The molecule has 148 heavy (non-hydrogen) atoms. The highest BCUT2D eigenvalue weighted by atomic mass is 79.9. The predicted molar refractivity (Wildman–Crippen MR) is 600 cm³/mol. The lowest BCUT2D eigenvalue weighted by molar-refractivity contribution is 0.141. The molecular weight excluding hydrogens is 2020 g/mol. The molecule has 14 aliphatic heterocycles.